The van der Waals surface area contributed by atoms with Gasteiger partial charge in [-0.05, 0) is 68.5 Å². The monoisotopic (exact) mass is 472 g/mol. The lowest BCUT2D eigenvalue weighted by Crippen LogP contribution is -2.56. The van der Waals surface area contributed by atoms with E-state index in [1.807, 2.05) is 0 Å². The zero-order valence-electron chi connectivity index (χ0n) is 19.8. The van der Waals surface area contributed by atoms with Crippen LogP contribution in [0.5, 0.6) is 5.75 Å². The zero-order valence-corrected chi connectivity index (χ0v) is 19.8. The molecule has 186 valence electrons. The molecule has 34 heavy (non-hydrogen) atoms. The molecule has 1 aromatic carbocycles. The van der Waals surface area contributed by atoms with Crippen LogP contribution in [0.1, 0.15) is 43.2 Å². The van der Waals surface area contributed by atoms with Gasteiger partial charge in [0, 0.05) is 13.6 Å². The van der Waals surface area contributed by atoms with E-state index in [4.69, 9.17) is 4.74 Å². The van der Waals surface area contributed by atoms with Gasteiger partial charge in [-0.1, -0.05) is 18.2 Å². The first-order valence-corrected chi connectivity index (χ1v) is 12.4. The Bertz CT molecular complexity index is 903. The highest BCUT2D eigenvalue weighted by atomic mass is 16.5. The fraction of sp³-hybridized carbons (Fsp3) is 0.640. The number of likely N-dealkylation sites (N-methyl/N-ethyl adjacent to an activating group) is 1. The van der Waals surface area contributed by atoms with E-state index in [1.54, 1.807) is 0 Å². The number of nitrogens with one attached hydrogen (secondary N) is 3. The molecule has 9 nitrogen and oxygen atoms in total. The van der Waals surface area contributed by atoms with Crippen LogP contribution < -0.4 is 20.7 Å². The van der Waals surface area contributed by atoms with Crippen molar-refractivity contribution in [2.24, 2.45) is 5.92 Å². The van der Waals surface area contributed by atoms with E-state index in [2.05, 4.69) is 34.1 Å². The predicted octanol–water partition coefficient (Wildman–Crippen LogP) is 0.136. The van der Waals surface area contributed by atoms with Gasteiger partial charge in [0.15, 0.2) is 0 Å². The van der Waals surface area contributed by atoms with E-state index < -0.39 is 24.6 Å². The lowest BCUT2D eigenvalue weighted by molar-refractivity contribution is -0.142. The number of ether oxygens (including phenoxy) is 1. The van der Waals surface area contributed by atoms with Crippen molar-refractivity contribution in [3.63, 3.8) is 0 Å². The van der Waals surface area contributed by atoms with Gasteiger partial charge in [-0.2, -0.15) is 0 Å². The number of amides is 3. The molecule has 0 aromatic heterocycles. The van der Waals surface area contributed by atoms with E-state index in [-0.39, 0.29) is 30.4 Å². The minimum atomic E-state index is -1.04. The number of nitrogens with zero attached hydrogens (tertiary/aromatic N) is 1. The molecular formula is C25H36N4O5. The van der Waals surface area contributed by atoms with Crippen molar-refractivity contribution >= 4 is 17.7 Å². The molecule has 3 unspecified atom stereocenters. The second kappa shape index (κ2) is 11.2. The Kier molecular flexibility index (Phi) is 8.05. The minimum absolute atomic E-state index is 0.0755. The summed E-state index contributed by atoms with van der Waals surface area (Å²) in [5.41, 5.74) is 2.37. The van der Waals surface area contributed by atoms with Crippen LogP contribution in [-0.2, 0) is 27.2 Å². The van der Waals surface area contributed by atoms with Crippen LogP contribution in [0.2, 0.25) is 0 Å². The van der Waals surface area contributed by atoms with Gasteiger partial charge in [0.2, 0.25) is 17.7 Å². The largest absolute Gasteiger partial charge is 0.490 e. The zero-order chi connectivity index (χ0) is 24.1. The van der Waals surface area contributed by atoms with Crippen LogP contribution in [0.15, 0.2) is 18.2 Å². The van der Waals surface area contributed by atoms with Gasteiger partial charge in [0.25, 0.3) is 0 Å². The Hall–Kier alpha value is -2.65. The summed E-state index contributed by atoms with van der Waals surface area (Å²) in [6, 6.07) is 4.81. The lowest BCUT2D eigenvalue weighted by Gasteiger charge is -2.31. The van der Waals surface area contributed by atoms with Gasteiger partial charge in [0.05, 0.1) is 19.2 Å². The molecule has 2 bridgehead atoms. The summed E-state index contributed by atoms with van der Waals surface area (Å²) in [7, 11) is 1.53. The Balaban J connectivity index is 1.50. The van der Waals surface area contributed by atoms with Crippen molar-refractivity contribution in [3.8, 4) is 5.75 Å². The molecule has 2 heterocycles. The van der Waals surface area contributed by atoms with Crippen molar-refractivity contribution in [2.75, 3.05) is 33.3 Å². The van der Waals surface area contributed by atoms with E-state index in [1.165, 1.54) is 17.5 Å². The second-order valence-electron chi connectivity index (χ2n) is 9.56. The van der Waals surface area contributed by atoms with Crippen LogP contribution >= 0.6 is 0 Å². The fourth-order valence-corrected chi connectivity index (χ4v) is 4.82. The molecule has 4 rings (SSSR count). The van der Waals surface area contributed by atoms with E-state index in [0.29, 0.717) is 13.1 Å². The molecule has 4 N–H and O–H groups in total. The highest BCUT2D eigenvalue weighted by Crippen LogP contribution is 2.35. The Morgan fingerprint density at radius 1 is 1.03 bits per heavy atom. The molecule has 1 saturated carbocycles. The van der Waals surface area contributed by atoms with Crippen molar-refractivity contribution in [1.29, 1.82) is 0 Å². The molecule has 0 saturated heterocycles. The molecule has 1 fully saturated rings. The van der Waals surface area contributed by atoms with Crippen LogP contribution in [0.3, 0.4) is 0 Å². The lowest BCUT2D eigenvalue weighted by atomic mass is 9.96. The number of aliphatic hydroxyl groups excluding tert-OH is 1. The maximum absolute atomic E-state index is 13.2. The predicted molar refractivity (Wildman–Crippen MR) is 126 cm³/mol. The third-order valence-electron chi connectivity index (χ3n) is 7.05. The summed E-state index contributed by atoms with van der Waals surface area (Å²) >= 11 is 0. The number of rotatable bonds is 2. The summed E-state index contributed by atoms with van der Waals surface area (Å²) in [5.74, 6) is 0.145. The third-order valence-corrected chi connectivity index (χ3v) is 7.05. The average molecular weight is 473 g/mol. The number of fused-ring (bicyclic) bond motifs is 1. The summed E-state index contributed by atoms with van der Waals surface area (Å²) in [6.45, 7) is 0.407. The highest BCUT2D eigenvalue weighted by Gasteiger charge is 2.40. The first kappa shape index (κ1) is 24.5. The number of carbonyl (C=O) groups excluding carboxylic acids is 3. The number of hydrogen-bond acceptors (Lipinski definition) is 6. The van der Waals surface area contributed by atoms with Crippen molar-refractivity contribution in [3.05, 3.63) is 29.3 Å². The number of hydrogen-bond donors (Lipinski definition) is 4. The summed E-state index contributed by atoms with van der Waals surface area (Å²) in [4.78, 5) is 39.4. The quantitative estimate of drug-likeness (QED) is 0.486. The highest BCUT2D eigenvalue weighted by molar-refractivity contribution is 5.92. The Morgan fingerprint density at radius 3 is 2.53 bits per heavy atom. The second-order valence-corrected chi connectivity index (χ2v) is 9.56. The average Bonchev–Trinajstić information content (AvgIpc) is 3.68. The van der Waals surface area contributed by atoms with Gasteiger partial charge in [0.1, 0.15) is 17.9 Å². The van der Waals surface area contributed by atoms with Crippen molar-refractivity contribution < 1.29 is 24.2 Å². The van der Waals surface area contributed by atoms with Crippen molar-refractivity contribution in [1.82, 2.24) is 20.9 Å². The third kappa shape index (κ3) is 5.88. The summed E-state index contributed by atoms with van der Waals surface area (Å²) in [5, 5.41) is 18.6. The first-order valence-electron chi connectivity index (χ1n) is 12.4. The van der Waals surface area contributed by atoms with Gasteiger partial charge in [-0.15, -0.1) is 0 Å². The Labute approximate surface area is 200 Å². The molecule has 0 radical (unpaired) electrons. The van der Waals surface area contributed by atoms with E-state index in [0.717, 1.165) is 56.3 Å². The number of carbonyl (C=O) groups is 3. The van der Waals surface area contributed by atoms with Crippen molar-refractivity contribution in [2.45, 2.75) is 63.1 Å². The molecule has 3 atom stereocenters. The first-order chi connectivity index (χ1) is 16.5. The van der Waals surface area contributed by atoms with Crippen LogP contribution in [-0.4, -0.2) is 79.2 Å². The SMILES string of the molecule is CN1C(=O)C(C2CC2)NCCC2CCc3cccc(c3O2)CCCNC(=O)CNC(=O)C1CO. The summed E-state index contributed by atoms with van der Waals surface area (Å²) in [6.07, 6.45) is 6.23. The molecule has 2 aliphatic heterocycles. The van der Waals surface area contributed by atoms with Gasteiger partial charge in [-0.25, -0.2) is 0 Å². The van der Waals surface area contributed by atoms with Gasteiger partial charge >= 0.3 is 0 Å². The van der Waals surface area contributed by atoms with Crippen LogP contribution in [0.4, 0.5) is 0 Å². The molecule has 3 aliphatic rings. The van der Waals surface area contributed by atoms with Gasteiger partial charge < -0.3 is 30.7 Å². The van der Waals surface area contributed by atoms with Crippen LogP contribution in [0, 0.1) is 5.92 Å². The number of para-hydroxylation sites is 1. The Morgan fingerprint density at radius 2 is 1.79 bits per heavy atom. The van der Waals surface area contributed by atoms with Gasteiger partial charge in [-0.3, -0.25) is 14.4 Å². The number of aryl methyl sites for hydroxylation is 2. The maximum Gasteiger partial charge on any atom is 0.245 e. The van der Waals surface area contributed by atoms with Crippen LogP contribution in [0.25, 0.3) is 0 Å². The minimum Gasteiger partial charge on any atom is -0.490 e. The fourth-order valence-electron chi connectivity index (χ4n) is 4.82. The summed E-state index contributed by atoms with van der Waals surface area (Å²) < 4.78 is 6.40. The smallest absolute Gasteiger partial charge is 0.245 e. The van der Waals surface area contributed by atoms with E-state index >= 15 is 0 Å². The molecule has 1 aliphatic carbocycles. The standard InChI is InChI=1S/C25H36N4O5/c1-29-20(15-30)24(32)28-14-21(31)26-12-3-6-17-4-2-5-18-9-10-19(34-23(17)18)11-13-27-22(25(29)33)16-7-8-16/h2,4-5,16,19-20,22,27,30H,3,6-15H2,1H3,(H,26,31)(H,28,32). The molecule has 3 amide bonds. The van der Waals surface area contributed by atoms with E-state index in [9.17, 15) is 19.5 Å². The molecule has 0 spiro atoms. The normalized spacial score (nSPS) is 27.5. The number of aliphatic hydroxyl groups is 1. The molecule has 9 heteroatoms. The number of benzene rings is 1. The topological polar surface area (TPSA) is 120 Å². The molecule has 1 aromatic rings. The molecular weight excluding hydrogens is 436 g/mol. The maximum atomic E-state index is 13.2.